The van der Waals surface area contributed by atoms with Gasteiger partial charge in [-0.25, -0.2) is 0 Å². The summed E-state index contributed by atoms with van der Waals surface area (Å²) in [4.78, 5) is 0. The van der Waals surface area contributed by atoms with E-state index in [-0.39, 0.29) is 6.71 Å². The first kappa shape index (κ1) is 24.1. The maximum atomic E-state index is 2.63. The first-order chi connectivity index (χ1) is 22.1. The van der Waals surface area contributed by atoms with E-state index >= 15 is 0 Å². The second kappa shape index (κ2) is 8.08. The van der Waals surface area contributed by atoms with E-state index < -0.39 is 0 Å². The van der Waals surface area contributed by atoms with Gasteiger partial charge < -0.3 is 4.57 Å². The molecule has 0 atom stereocenters. The number of imidazole rings is 1. The second-order valence-corrected chi connectivity index (χ2v) is 13.5. The second-order valence-electron chi connectivity index (χ2n) is 13.5. The summed E-state index contributed by atoms with van der Waals surface area (Å²) in [5.74, 6) is 0. The third kappa shape index (κ3) is 2.80. The van der Waals surface area contributed by atoms with Crippen molar-refractivity contribution >= 4 is 67.7 Å². The third-order valence-corrected chi connectivity index (χ3v) is 10.8. The van der Waals surface area contributed by atoms with Crippen molar-refractivity contribution in [3.63, 3.8) is 0 Å². The predicted octanol–water partition coefficient (Wildman–Crippen LogP) is 7.67. The molecule has 8 aromatic rings. The normalized spacial score (nSPS) is 14.2. The van der Waals surface area contributed by atoms with Crippen LogP contribution in [0.1, 0.15) is 34.4 Å². The molecule has 0 amide bonds. The molecule has 0 fully saturated rings. The number of aryl methyl sites for hydroxylation is 4. The van der Waals surface area contributed by atoms with Gasteiger partial charge in [-0.05, 0) is 120 Å². The SMILES string of the molecule is Cc1cc2c3c(c1)-n1c4c(C)cc(C)cc4n4c5c(c(c14)B3c1cc3c(cc1-2)c1ccccc1n3-c1ccccc1)C=CCC5. The number of hydrogen-bond donors (Lipinski definition) is 0. The van der Waals surface area contributed by atoms with E-state index in [0.717, 1.165) is 12.8 Å². The summed E-state index contributed by atoms with van der Waals surface area (Å²) < 4.78 is 7.72. The molecule has 1 aliphatic carbocycles. The Labute approximate surface area is 261 Å². The van der Waals surface area contributed by atoms with Gasteiger partial charge in [0.05, 0.1) is 22.1 Å². The summed E-state index contributed by atoms with van der Waals surface area (Å²) in [6.45, 7) is 6.99. The molecule has 0 unspecified atom stereocenters. The Balaban J connectivity index is 1.34. The predicted molar refractivity (Wildman–Crippen MR) is 190 cm³/mol. The minimum absolute atomic E-state index is 0.192. The van der Waals surface area contributed by atoms with Gasteiger partial charge in [0.1, 0.15) is 5.65 Å². The van der Waals surface area contributed by atoms with Crippen LogP contribution in [0.2, 0.25) is 0 Å². The van der Waals surface area contributed by atoms with Crippen molar-refractivity contribution in [1.29, 1.82) is 0 Å². The summed E-state index contributed by atoms with van der Waals surface area (Å²) >= 11 is 0. The Bertz CT molecular complexity index is 2680. The number of fused-ring (bicyclic) bond motifs is 14. The van der Waals surface area contributed by atoms with Gasteiger partial charge in [-0.3, -0.25) is 8.97 Å². The van der Waals surface area contributed by atoms with Crippen molar-refractivity contribution in [2.75, 3.05) is 0 Å². The monoisotopic (exact) mass is 575 g/mol. The van der Waals surface area contributed by atoms with Crippen molar-refractivity contribution in [3.05, 3.63) is 125 Å². The highest BCUT2D eigenvalue weighted by Crippen LogP contribution is 2.41. The summed E-state index contributed by atoms with van der Waals surface area (Å²) in [5.41, 5.74) is 23.2. The zero-order valence-corrected chi connectivity index (χ0v) is 25.6. The Morgan fingerprint density at radius 3 is 2.38 bits per heavy atom. The molecule has 0 spiro atoms. The highest BCUT2D eigenvalue weighted by Gasteiger charge is 2.45. The van der Waals surface area contributed by atoms with Crippen LogP contribution in [-0.4, -0.2) is 20.2 Å². The molecule has 4 heteroatoms. The number of aromatic nitrogens is 3. The van der Waals surface area contributed by atoms with Crippen LogP contribution < -0.4 is 16.4 Å². The van der Waals surface area contributed by atoms with Gasteiger partial charge in [0.25, 0.3) is 6.71 Å². The van der Waals surface area contributed by atoms with E-state index in [4.69, 9.17) is 0 Å². The fourth-order valence-electron chi connectivity index (χ4n) is 9.31. The zero-order chi connectivity index (χ0) is 29.7. The topological polar surface area (TPSA) is 14.3 Å². The van der Waals surface area contributed by atoms with Crippen molar-refractivity contribution in [1.82, 2.24) is 13.5 Å². The largest absolute Gasteiger partial charge is 0.309 e. The lowest BCUT2D eigenvalue weighted by Gasteiger charge is -2.24. The minimum atomic E-state index is 0.192. The van der Waals surface area contributed by atoms with Crippen LogP contribution >= 0.6 is 0 Å². The molecular weight excluding hydrogens is 545 g/mol. The Hall–Kier alpha value is -5.22. The highest BCUT2D eigenvalue weighted by molar-refractivity contribution is 7.01. The van der Waals surface area contributed by atoms with Crippen LogP contribution in [0.15, 0.2) is 97.1 Å². The van der Waals surface area contributed by atoms with Crippen molar-refractivity contribution in [3.8, 4) is 22.5 Å². The Morgan fingerprint density at radius 2 is 1.49 bits per heavy atom. The van der Waals surface area contributed by atoms with E-state index in [0.29, 0.717) is 0 Å². The number of nitrogens with zero attached hydrogens (tertiary/aromatic N) is 3. The molecule has 45 heavy (non-hydrogen) atoms. The molecule has 2 aliphatic heterocycles. The van der Waals surface area contributed by atoms with Crippen LogP contribution in [-0.2, 0) is 6.42 Å². The number of para-hydroxylation sites is 2. The summed E-state index contributed by atoms with van der Waals surface area (Å²) in [7, 11) is 0. The van der Waals surface area contributed by atoms with Crippen LogP contribution in [0.4, 0.5) is 0 Å². The fourth-order valence-corrected chi connectivity index (χ4v) is 9.31. The lowest BCUT2D eigenvalue weighted by Crippen LogP contribution is -2.53. The van der Waals surface area contributed by atoms with Gasteiger partial charge >= 0.3 is 0 Å². The Kier molecular flexibility index (Phi) is 4.34. The molecule has 11 rings (SSSR count). The molecule has 5 heterocycles. The zero-order valence-electron chi connectivity index (χ0n) is 25.6. The molecule has 212 valence electrons. The number of benzene rings is 5. The van der Waals surface area contributed by atoms with Crippen LogP contribution in [0, 0.1) is 20.8 Å². The molecule has 3 aliphatic rings. The maximum absolute atomic E-state index is 2.63. The van der Waals surface area contributed by atoms with E-state index in [2.05, 4.69) is 137 Å². The first-order valence-electron chi connectivity index (χ1n) is 16.2. The fraction of sp³-hybridized carbons (Fsp3) is 0.122. The summed E-state index contributed by atoms with van der Waals surface area (Å²) in [5, 5.41) is 2.63. The van der Waals surface area contributed by atoms with E-state index in [1.807, 2.05) is 0 Å². The van der Waals surface area contributed by atoms with Crippen molar-refractivity contribution < 1.29 is 0 Å². The van der Waals surface area contributed by atoms with Gasteiger partial charge in [0, 0.05) is 27.8 Å². The molecule has 0 saturated carbocycles. The van der Waals surface area contributed by atoms with E-state index in [1.165, 1.54) is 105 Å². The van der Waals surface area contributed by atoms with E-state index in [9.17, 15) is 0 Å². The molecular formula is C41H30BN3. The molecule has 3 aromatic heterocycles. The molecule has 0 radical (unpaired) electrons. The lowest BCUT2D eigenvalue weighted by molar-refractivity contribution is 0.921. The summed E-state index contributed by atoms with van der Waals surface area (Å²) in [6, 6.07) is 34.5. The standard InChI is InChI=1S/C41H30BN3/c1-23-17-25(3)40-37(20-23)44-34-16-10-8-14-28(34)39-41(44)45(40)36-19-24(2)18-31-29-21-30-27-13-7-9-15-33(27)43(26-11-5-4-6-12-26)35(30)22-32(29)42(39)38(31)36/h4-9,11-15,17-22H,10,16H2,1-3H3. The number of allylic oxidation sites excluding steroid dienone is 1. The Morgan fingerprint density at radius 1 is 0.667 bits per heavy atom. The molecule has 0 bridgehead atoms. The van der Waals surface area contributed by atoms with Gasteiger partial charge in [0.2, 0.25) is 0 Å². The average Bonchev–Trinajstić information content (AvgIpc) is 3.76. The third-order valence-electron chi connectivity index (χ3n) is 10.8. The number of rotatable bonds is 1. The molecule has 3 nitrogen and oxygen atoms in total. The molecule has 0 N–H and O–H groups in total. The first-order valence-corrected chi connectivity index (χ1v) is 16.2. The van der Waals surface area contributed by atoms with Crippen LogP contribution in [0.25, 0.3) is 67.1 Å². The quantitative estimate of drug-likeness (QED) is 0.178. The minimum Gasteiger partial charge on any atom is -0.309 e. The smallest absolute Gasteiger partial charge is 0.251 e. The van der Waals surface area contributed by atoms with E-state index in [1.54, 1.807) is 0 Å². The lowest BCUT2D eigenvalue weighted by atomic mass is 9.37. The molecule has 5 aromatic carbocycles. The van der Waals surface area contributed by atoms with Gasteiger partial charge in [-0.15, -0.1) is 0 Å². The van der Waals surface area contributed by atoms with Gasteiger partial charge in [-0.2, -0.15) is 0 Å². The van der Waals surface area contributed by atoms with Crippen LogP contribution in [0.5, 0.6) is 0 Å². The van der Waals surface area contributed by atoms with Crippen LogP contribution in [0.3, 0.4) is 0 Å². The molecule has 0 saturated heterocycles. The average molecular weight is 576 g/mol. The van der Waals surface area contributed by atoms with Gasteiger partial charge in [0.15, 0.2) is 0 Å². The maximum Gasteiger partial charge on any atom is 0.251 e. The van der Waals surface area contributed by atoms with Crippen molar-refractivity contribution in [2.45, 2.75) is 33.6 Å². The van der Waals surface area contributed by atoms with Gasteiger partial charge in [-0.1, -0.05) is 66.1 Å². The van der Waals surface area contributed by atoms with Crippen molar-refractivity contribution in [2.24, 2.45) is 0 Å². The number of hydrogen-bond acceptors (Lipinski definition) is 0. The summed E-state index contributed by atoms with van der Waals surface area (Å²) in [6.07, 6.45) is 6.98. The highest BCUT2D eigenvalue weighted by atomic mass is 15.2.